The lowest BCUT2D eigenvalue weighted by Crippen LogP contribution is -2.52. The number of ether oxygens (including phenoxy) is 3. The van der Waals surface area contributed by atoms with Crippen molar-refractivity contribution < 1.29 is 24.0 Å². The summed E-state index contributed by atoms with van der Waals surface area (Å²) in [4.78, 5) is 0. The number of hydroxylamine groups is 3. The minimum atomic E-state index is -0.338. The van der Waals surface area contributed by atoms with Gasteiger partial charge in [0, 0.05) is 18.4 Å². The molecule has 26 heavy (non-hydrogen) atoms. The average molecular weight is 357 g/mol. The lowest BCUT2D eigenvalue weighted by molar-refractivity contribution is -0.928. The van der Waals surface area contributed by atoms with E-state index in [1.807, 2.05) is 18.2 Å². The van der Waals surface area contributed by atoms with Crippen LogP contribution in [0.15, 0.2) is 24.3 Å². The zero-order chi connectivity index (χ0) is 18.5. The summed E-state index contributed by atoms with van der Waals surface area (Å²) < 4.78 is 15.8. The fourth-order valence-corrected chi connectivity index (χ4v) is 4.37. The normalized spacial score (nSPS) is 23.5. The lowest BCUT2D eigenvalue weighted by atomic mass is 9.83. The molecule has 2 aromatic carbocycles. The molecule has 0 amide bonds. The Bertz CT molecular complexity index is 866. The number of benzene rings is 2. The molecule has 138 valence electrons. The molecule has 6 nitrogen and oxygen atoms in total. The monoisotopic (exact) mass is 357 g/mol. The largest absolute Gasteiger partial charge is 0.632 e. The van der Waals surface area contributed by atoms with E-state index in [-0.39, 0.29) is 16.4 Å². The molecule has 0 fully saturated rings. The average Bonchev–Trinajstić information content (AvgIpc) is 2.65. The molecule has 4 rings (SSSR count). The van der Waals surface area contributed by atoms with E-state index in [4.69, 9.17) is 14.2 Å². The maximum Gasteiger partial charge on any atom is 0.169 e. The van der Waals surface area contributed by atoms with Gasteiger partial charge >= 0.3 is 0 Å². The van der Waals surface area contributed by atoms with E-state index in [9.17, 15) is 10.3 Å². The highest BCUT2D eigenvalue weighted by atomic mass is 16.5. The smallest absolute Gasteiger partial charge is 0.169 e. The number of quaternary nitrogens is 1. The number of nitrogens with zero attached hydrogens (tertiary/aromatic N) is 1. The van der Waals surface area contributed by atoms with E-state index in [1.165, 1.54) is 7.11 Å². The Morgan fingerprint density at radius 3 is 2.50 bits per heavy atom. The molecule has 2 aromatic rings. The second-order valence-corrected chi connectivity index (χ2v) is 6.97. The van der Waals surface area contributed by atoms with Crippen molar-refractivity contribution >= 4 is 0 Å². The molecule has 0 aromatic heterocycles. The second kappa shape index (κ2) is 6.07. The van der Waals surface area contributed by atoms with E-state index in [0.717, 1.165) is 22.3 Å². The molecule has 0 saturated carbocycles. The number of hydrogen-bond acceptors (Lipinski definition) is 5. The van der Waals surface area contributed by atoms with Gasteiger partial charge in [-0.1, -0.05) is 6.07 Å². The highest BCUT2D eigenvalue weighted by molar-refractivity contribution is 5.53. The molecular weight excluding hydrogens is 334 g/mol. The Morgan fingerprint density at radius 2 is 1.81 bits per heavy atom. The third-order valence-corrected chi connectivity index (χ3v) is 5.71. The van der Waals surface area contributed by atoms with Gasteiger partial charge in [-0.25, -0.2) is 0 Å². The first-order valence-corrected chi connectivity index (χ1v) is 8.71. The Labute approximate surface area is 152 Å². The summed E-state index contributed by atoms with van der Waals surface area (Å²) in [5.74, 6) is 1.84. The predicted molar refractivity (Wildman–Crippen MR) is 96.6 cm³/mol. The number of hydrogen-bond donors (Lipinski definition) is 1. The standard InChI is InChI=1S/C20H23NO5/c1-24-18-5-4-12-8-16-14-10-17(22)19(25-2)9-13(14)6-7-21(16,23)11-15(12)20(18)26-3/h4-5,9-10,16,22H,6-8,11H2,1-3H3/t16-,21-/m0/s1. The first kappa shape index (κ1) is 17.0. The van der Waals surface area contributed by atoms with Crippen molar-refractivity contribution in [2.75, 3.05) is 27.9 Å². The number of aromatic hydroxyl groups is 1. The van der Waals surface area contributed by atoms with E-state index in [1.54, 1.807) is 20.3 Å². The van der Waals surface area contributed by atoms with Crippen LogP contribution in [0.25, 0.3) is 0 Å². The Hall–Kier alpha value is -2.44. The summed E-state index contributed by atoms with van der Waals surface area (Å²) in [6.07, 6.45) is 1.27. The van der Waals surface area contributed by atoms with Gasteiger partial charge in [0.25, 0.3) is 0 Å². The van der Waals surface area contributed by atoms with Gasteiger partial charge in [0.1, 0.15) is 12.6 Å². The fraction of sp³-hybridized carbons (Fsp3) is 0.400. The van der Waals surface area contributed by atoms with Crippen LogP contribution in [0.2, 0.25) is 0 Å². The topological polar surface area (TPSA) is 71.0 Å². The van der Waals surface area contributed by atoms with Gasteiger partial charge in [0.05, 0.1) is 33.4 Å². The van der Waals surface area contributed by atoms with E-state index in [2.05, 4.69) is 0 Å². The molecule has 1 N–H and O–H groups in total. The number of fused-ring (bicyclic) bond motifs is 4. The molecule has 0 bridgehead atoms. The molecule has 2 aliphatic rings. The van der Waals surface area contributed by atoms with Crippen molar-refractivity contribution in [3.05, 3.63) is 51.7 Å². The summed E-state index contributed by atoms with van der Waals surface area (Å²) in [5, 5.41) is 23.9. The highest BCUT2D eigenvalue weighted by Gasteiger charge is 2.42. The second-order valence-electron chi connectivity index (χ2n) is 6.97. The van der Waals surface area contributed by atoms with Crippen LogP contribution in [0, 0.1) is 5.21 Å². The van der Waals surface area contributed by atoms with Crippen molar-refractivity contribution in [2.24, 2.45) is 0 Å². The molecule has 0 radical (unpaired) electrons. The molecule has 0 saturated heterocycles. The minimum Gasteiger partial charge on any atom is -0.632 e. The molecule has 0 aliphatic carbocycles. The zero-order valence-electron chi connectivity index (χ0n) is 15.2. The van der Waals surface area contributed by atoms with E-state index < -0.39 is 0 Å². The molecular formula is C20H23NO5. The maximum atomic E-state index is 13.7. The molecule has 0 spiro atoms. The van der Waals surface area contributed by atoms with Crippen LogP contribution in [0.1, 0.15) is 28.3 Å². The van der Waals surface area contributed by atoms with E-state index >= 15 is 0 Å². The maximum absolute atomic E-state index is 13.7. The fourth-order valence-electron chi connectivity index (χ4n) is 4.37. The van der Waals surface area contributed by atoms with Crippen molar-refractivity contribution in [1.29, 1.82) is 0 Å². The molecule has 2 heterocycles. The Kier molecular flexibility index (Phi) is 3.97. The van der Waals surface area contributed by atoms with Gasteiger partial charge in [0.2, 0.25) is 0 Å². The molecule has 2 aliphatic heterocycles. The third-order valence-electron chi connectivity index (χ3n) is 5.71. The van der Waals surface area contributed by atoms with Gasteiger partial charge in [-0.2, -0.15) is 0 Å². The van der Waals surface area contributed by atoms with Crippen LogP contribution < -0.4 is 14.2 Å². The van der Waals surface area contributed by atoms with Crippen molar-refractivity contribution in [2.45, 2.75) is 25.4 Å². The summed E-state index contributed by atoms with van der Waals surface area (Å²) in [6, 6.07) is 7.23. The first-order chi connectivity index (χ1) is 12.5. The highest BCUT2D eigenvalue weighted by Crippen LogP contribution is 2.49. The van der Waals surface area contributed by atoms with Gasteiger partial charge in [-0.15, -0.1) is 0 Å². The Morgan fingerprint density at radius 1 is 1.04 bits per heavy atom. The molecule has 6 heteroatoms. The van der Waals surface area contributed by atoms with Gasteiger partial charge in [-0.05, 0) is 29.3 Å². The van der Waals surface area contributed by atoms with Crippen LogP contribution in [0.3, 0.4) is 0 Å². The summed E-state index contributed by atoms with van der Waals surface area (Å²) >= 11 is 0. The Balaban J connectivity index is 1.82. The van der Waals surface area contributed by atoms with Crippen molar-refractivity contribution in [3.8, 4) is 23.0 Å². The van der Waals surface area contributed by atoms with Crippen LogP contribution in [-0.4, -0.2) is 37.6 Å². The van der Waals surface area contributed by atoms with Crippen LogP contribution in [0.5, 0.6) is 23.0 Å². The molecule has 0 unspecified atom stereocenters. The predicted octanol–water partition coefficient (Wildman–Crippen LogP) is 3.09. The minimum absolute atomic E-state index is 0.0813. The number of rotatable bonds is 3. The quantitative estimate of drug-likeness (QED) is 0.675. The van der Waals surface area contributed by atoms with Crippen LogP contribution in [-0.2, 0) is 19.4 Å². The zero-order valence-corrected chi connectivity index (χ0v) is 15.2. The summed E-state index contributed by atoms with van der Waals surface area (Å²) in [5.41, 5.74) is 4.03. The van der Waals surface area contributed by atoms with Gasteiger partial charge in [-0.3, -0.25) is 0 Å². The number of methoxy groups -OCH3 is 3. The molecule has 2 atom stereocenters. The SMILES string of the molecule is COc1cc2c(cc1O)[C@@H]1Cc3ccc(OC)c(OC)c3C[N@@+]1([O-])CC2. The van der Waals surface area contributed by atoms with Crippen LogP contribution in [0.4, 0.5) is 0 Å². The van der Waals surface area contributed by atoms with Crippen molar-refractivity contribution in [1.82, 2.24) is 0 Å². The van der Waals surface area contributed by atoms with Crippen LogP contribution >= 0.6 is 0 Å². The number of phenolic OH excluding ortho intramolecular Hbond substituents is 1. The van der Waals surface area contributed by atoms with Crippen molar-refractivity contribution in [3.63, 3.8) is 0 Å². The van der Waals surface area contributed by atoms with Gasteiger partial charge in [0.15, 0.2) is 23.0 Å². The summed E-state index contributed by atoms with van der Waals surface area (Å²) in [7, 11) is 4.74. The van der Waals surface area contributed by atoms with E-state index in [0.29, 0.717) is 43.2 Å². The number of phenols is 1. The lowest BCUT2D eigenvalue weighted by Gasteiger charge is -2.54. The first-order valence-electron chi connectivity index (χ1n) is 8.71. The summed E-state index contributed by atoms with van der Waals surface area (Å²) in [6.45, 7) is 0.831. The van der Waals surface area contributed by atoms with Gasteiger partial charge < -0.3 is 29.2 Å². The third kappa shape index (κ3) is 2.40.